The van der Waals surface area contributed by atoms with E-state index in [1.807, 2.05) is 6.92 Å². The van der Waals surface area contributed by atoms with Crippen molar-refractivity contribution in [3.05, 3.63) is 36.6 Å². The molecule has 3 nitrogen and oxygen atoms in total. The van der Waals surface area contributed by atoms with Gasteiger partial charge in [-0.2, -0.15) is 5.10 Å². The van der Waals surface area contributed by atoms with Gasteiger partial charge in [0.05, 0.1) is 5.71 Å². The van der Waals surface area contributed by atoms with Crippen LogP contribution in [0.5, 0.6) is 0 Å². The third-order valence-corrected chi connectivity index (χ3v) is 1.50. The molecule has 1 aliphatic heterocycles. The van der Waals surface area contributed by atoms with Crippen molar-refractivity contribution in [2.45, 2.75) is 6.92 Å². The summed E-state index contributed by atoms with van der Waals surface area (Å²) in [5, 5.41) is 3.96. The molecule has 0 aromatic carbocycles. The number of nitrogens with one attached hydrogen (secondary N) is 2. The van der Waals surface area contributed by atoms with Crippen LogP contribution in [-0.2, 0) is 0 Å². The molecule has 0 unspecified atom stereocenters. The standard InChI is InChI=1S/C8H11N3/c1-4-7-6(3)9-11-10-8(7)5-2/h4-5,9,11H,1-2H2,3H3. The highest BCUT2D eigenvalue weighted by Crippen LogP contribution is 2.08. The Balaban J connectivity index is 3.04. The third kappa shape index (κ3) is 1.32. The summed E-state index contributed by atoms with van der Waals surface area (Å²) in [5.41, 5.74) is 8.34. The molecular formula is C8H11N3. The Hall–Kier alpha value is -1.51. The van der Waals surface area contributed by atoms with Gasteiger partial charge >= 0.3 is 0 Å². The quantitative estimate of drug-likeness (QED) is 0.616. The molecule has 0 aliphatic carbocycles. The average Bonchev–Trinajstić information content (AvgIpc) is 2.04. The number of allylic oxidation sites excluding steroid dienone is 4. The Bertz CT molecular complexity index is 248. The fraction of sp³-hybridized carbons (Fsp3) is 0.125. The van der Waals surface area contributed by atoms with Crippen molar-refractivity contribution in [3.8, 4) is 0 Å². The molecule has 0 spiro atoms. The maximum atomic E-state index is 3.96. The third-order valence-electron chi connectivity index (χ3n) is 1.50. The summed E-state index contributed by atoms with van der Waals surface area (Å²) >= 11 is 0. The second-order valence-electron chi connectivity index (χ2n) is 2.18. The van der Waals surface area contributed by atoms with Crippen LogP contribution in [0.1, 0.15) is 6.92 Å². The fourth-order valence-electron chi connectivity index (χ4n) is 0.905. The van der Waals surface area contributed by atoms with E-state index in [0.717, 1.165) is 17.0 Å². The van der Waals surface area contributed by atoms with Crippen molar-refractivity contribution >= 4 is 5.71 Å². The van der Waals surface area contributed by atoms with Crippen LogP contribution < -0.4 is 11.0 Å². The molecule has 1 heterocycles. The van der Waals surface area contributed by atoms with Crippen molar-refractivity contribution in [2.75, 3.05) is 0 Å². The highest BCUT2D eigenvalue weighted by molar-refractivity contribution is 6.10. The zero-order valence-electron chi connectivity index (χ0n) is 6.52. The van der Waals surface area contributed by atoms with Crippen LogP contribution in [0.4, 0.5) is 0 Å². The summed E-state index contributed by atoms with van der Waals surface area (Å²) < 4.78 is 0. The van der Waals surface area contributed by atoms with Gasteiger partial charge in [-0.05, 0) is 13.0 Å². The highest BCUT2D eigenvalue weighted by atomic mass is 15.6. The molecule has 58 valence electrons. The normalized spacial score (nSPS) is 16.3. The SMILES string of the molecule is C=CC1=NNNC(C)=C1C=C. The monoisotopic (exact) mass is 149 g/mol. The van der Waals surface area contributed by atoms with E-state index < -0.39 is 0 Å². The van der Waals surface area contributed by atoms with Gasteiger partial charge in [0, 0.05) is 11.3 Å². The van der Waals surface area contributed by atoms with Crippen LogP contribution in [0.2, 0.25) is 0 Å². The summed E-state index contributed by atoms with van der Waals surface area (Å²) in [7, 11) is 0. The number of hydrogen-bond acceptors (Lipinski definition) is 3. The number of hydrazone groups is 1. The van der Waals surface area contributed by atoms with E-state index in [1.54, 1.807) is 12.2 Å². The minimum absolute atomic E-state index is 0.816. The summed E-state index contributed by atoms with van der Waals surface area (Å²) in [6, 6.07) is 0. The first kappa shape index (κ1) is 7.60. The van der Waals surface area contributed by atoms with Crippen molar-refractivity contribution in [1.82, 2.24) is 11.0 Å². The van der Waals surface area contributed by atoms with Gasteiger partial charge in [-0.3, -0.25) is 5.43 Å². The van der Waals surface area contributed by atoms with Crippen LogP contribution in [0.3, 0.4) is 0 Å². The molecule has 1 rings (SSSR count). The minimum Gasteiger partial charge on any atom is -0.289 e. The Morgan fingerprint density at radius 1 is 1.36 bits per heavy atom. The van der Waals surface area contributed by atoms with Gasteiger partial charge in [0.15, 0.2) is 0 Å². The number of rotatable bonds is 2. The summed E-state index contributed by atoms with van der Waals surface area (Å²) in [6.07, 6.45) is 3.44. The molecule has 0 aromatic heterocycles. The topological polar surface area (TPSA) is 36.4 Å². The summed E-state index contributed by atoms with van der Waals surface area (Å²) in [6.45, 7) is 9.26. The summed E-state index contributed by atoms with van der Waals surface area (Å²) in [5.74, 6) is 0. The van der Waals surface area contributed by atoms with Crippen LogP contribution in [0.15, 0.2) is 41.7 Å². The van der Waals surface area contributed by atoms with E-state index >= 15 is 0 Å². The molecule has 0 fully saturated rings. The first-order chi connectivity index (χ1) is 5.29. The highest BCUT2D eigenvalue weighted by Gasteiger charge is 2.07. The van der Waals surface area contributed by atoms with Gasteiger partial charge in [-0.15, -0.1) is 0 Å². The van der Waals surface area contributed by atoms with E-state index in [4.69, 9.17) is 0 Å². The Morgan fingerprint density at radius 3 is 2.55 bits per heavy atom. The second kappa shape index (κ2) is 3.05. The molecule has 11 heavy (non-hydrogen) atoms. The molecule has 0 saturated heterocycles. The van der Waals surface area contributed by atoms with Gasteiger partial charge in [0.25, 0.3) is 0 Å². The lowest BCUT2D eigenvalue weighted by atomic mass is 10.1. The first-order valence-electron chi connectivity index (χ1n) is 3.34. The van der Waals surface area contributed by atoms with E-state index in [2.05, 4.69) is 29.2 Å². The smallest absolute Gasteiger partial charge is 0.0933 e. The van der Waals surface area contributed by atoms with E-state index in [1.165, 1.54) is 0 Å². The van der Waals surface area contributed by atoms with Crippen LogP contribution >= 0.6 is 0 Å². The van der Waals surface area contributed by atoms with Crippen molar-refractivity contribution < 1.29 is 0 Å². The zero-order chi connectivity index (χ0) is 8.27. The molecule has 0 atom stereocenters. The molecule has 2 N–H and O–H groups in total. The molecule has 0 aromatic rings. The molecule has 3 heteroatoms. The Kier molecular flexibility index (Phi) is 2.11. The lowest BCUT2D eigenvalue weighted by Gasteiger charge is -2.16. The number of nitrogens with zero attached hydrogens (tertiary/aromatic N) is 1. The van der Waals surface area contributed by atoms with E-state index in [0.29, 0.717) is 0 Å². The Morgan fingerprint density at radius 2 is 2.09 bits per heavy atom. The zero-order valence-corrected chi connectivity index (χ0v) is 6.52. The van der Waals surface area contributed by atoms with Crippen molar-refractivity contribution in [3.63, 3.8) is 0 Å². The lowest BCUT2D eigenvalue weighted by Crippen LogP contribution is -2.32. The molecule has 0 bridgehead atoms. The Labute approximate surface area is 66.2 Å². The predicted octanol–water partition coefficient (Wildman–Crippen LogP) is 1.10. The molecule has 1 aliphatic rings. The van der Waals surface area contributed by atoms with Crippen LogP contribution in [0.25, 0.3) is 0 Å². The predicted molar refractivity (Wildman–Crippen MR) is 46.8 cm³/mol. The van der Waals surface area contributed by atoms with Gasteiger partial charge in [0.1, 0.15) is 0 Å². The largest absolute Gasteiger partial charge is 0.289 e. The average molecular weight is 149 g/mol. The van der Waals surface area contributed by atoms with Gasteiger partial charge in [-0.25, -0.2) is 5.53 Å². The maximum absolute atomic E-state index is 3.96. The fourth-order valence-corrected chi connectivity index (χ4v) is 0.905. The first-order valence-corrected chi connectivity index (χ1v) is 3.34. The van der Waals surface area contributed by atoms with E-state index in [9.17, 15) is 0 Å². The van der Waals surface area contributed by atoms with Crippen molar-refractivity contribution in [1.29, 1.82) is 0 Å². The lowest BCUT2D eigenvalue weighted by molar-refractivity contribution is 0.623. The maximum Gasteiger partial charge on any atom is 0.0933 e. The van der Waals surface area contributed by atoms with Gasteiger partial charge in [-0.1, -0.05) is 19.2 Å². The van der Waals surface area contributed by atoms with E-state index in [-0.39, 0.29) is 0 Å². The number of hydrogen-bond donors (Lipinski definition) is 2. The molecule has 0 radical (unpaired) electrons. The van der Waals surface area contributed by atoms with Crippen LogP contribution in [0, 0.1) is 0 Å². The minimum atomic E-state index is 0.816. The molecule has 0 saturated carbocycles. The van der Waals surface area contributed by atoms with Gasteiger partial charge < -0.3 is 0 Å². The summed E-state index contributed by atoms with van der Waals surface area (Å²) in [4.78, 5) is 0. The van der Waals surface area contributed by atoms with Crippen LogP contribution in [-0.4, -0.2) is 5.71 Å². The molecule has 0 amide bonds. The van der Waals surface area contributed by atoms with Crippen molar-refractivity contribution in [2.24, 2.45) is 5.10 Å². The second-order valence-corrected chi connectivity index (χ2v) is 2.18. The number of hydrazine groups is 1. The molecular weight excluding hydrogens is 138 g/mol. The van der Waals surface area contributed by atoms with Gasteiger partial charge in [0.2, 0.25) is 0 Å².